The fourth-order valence-electron chi connectivity index (χ4n) is 2.72. The lowest BCUT2D eigenvalue weighted by Crippen LogP contribution is -2.38. The lowest BCUT2D eigenvalue weighted by Gasteiger charge is -2.25. The predicted octanol–water partition coefficient (Wildman–Crippen LogP) is 2.55. The van der Waals surface area contributed by atoms with E-state index in [2.05, 4.69) is 50.5 Å². The molecule has 94 valence electrons. The Balaban J connectivity index is 2.01. The highest BCUT2D eigenvalue weighted by molar-refractivity contribution is 5.22. The number of hydrogen-bond donors (Lipinski definition) is 1. The molecule has 0 amide bonds. The average molecular weight is 233 g/mol. The van der Waals surface area contributed by atoms with Gasteiger partial charge in [0.15, 0.2) is 0 Å². The van der Waals surface area contributed by atoms with E-state index in [0.29, 0.717) is 18.1 Å². The summed E-state index contributed by atoms with van der Waals surface area (Å²) in [6.45, 7) is 5.24. The zero-order valence-corrected chi connectivity index (χ0v) is 11.1. The Kier molecular flexibility index (Phi) is 4.19. The number of rotatable bonds is 4. The number of likely N-dealkylation sites (N-methyl/N-ethyl adjacent to an activating group) is 1. The predicted molar refractivity (Wildman–Crippen MR) is 71.3 cm³/mol. The molecule has 0 bridgehead atoms. The SMILES string of the molecule is CNC(Cc1ccc(C)cc1)C1CCOC1C. The van der Waals surface area contributed by atoms with Gasteiger partial charge in [0.05, 0.1) is 6.10 Å². The maximum Gasteiger partial charge on any atom is 0.0590 e. The van der Waals surface area contributed by atoms with Gasteiger partial charge in [-0.1, -0.05) is 29.8 Å². The van der Waals surface area contributed by atoms with Crippen LogP contribution in [0, 0.1) is 12.8 Å². The fraction of sp³-hybridized carbons (Fsp3) is 0.600. The van der Waals surface area contributed by atoms with Crippen LogP contribution in [0.5, 0.6) is 0 Å². The third kappa shape index (κ3) is 3.08. The van der Waals surface area contributed by atoms with Crippen molar-refractivity contribution < 1.29 is 4.74 Å². The Labute approximate surface area is 104 Å². The van der Waals surface area contributed by atoms with Crippen LogP contribution in [0.15, 0.2) is 24.3 Å². The van der Waals surface area contributed by atoms with E-state index in [1.165, 1.54) is 17.5 Å². The summed E-state index contributed by atoms with van der Waals surface area (Å²) in [7, 11) is 2.06. The molecule has 0 aromatic heterocycles. The summed E-state index contributed by atoms with van der Waals surface area (Å²) in [5.41, 5.74) is 2.74. The summed E-state index contributed by atoms with van der Waals surface area (Å²) >= 11 is 0. The van der Waals surface area contributed by atoms with Gasteiger partial charge < -0.3 is 10.1 Å². The van der Waals surface area contributed by atoms with E-state index in [1.807, 2.05) is 0 Å². The largest absolute Gasteiger partial charge is 0.378 e. The molecular formula is C15H23NO. The van der Waals surface area contributed by atoms with Crippen molar-refractivity contribution >= 4 is 0 Å². The Hall–Kier alpha value is -0.860. The monoisotopic (exact) mass is 233 g/mol. The molecule has 1 saturated heterocycles. The van der Waals surface area contributed by atoms with Gasteiger partial charge >= 0.3 is 0 Å². The number of aryl methyl sites for hydroxylation is 1. The van der Waals surface area contributed by atoms with Crippen LogP contribution in [0.1, 0.15) is 24.5 Å². The highest BCUT2D eigenvalue weighted by Crippen LogP contribution is 2.25. The summed E-state index contributed by atoms with van der Waals surface area (Å²) in [4.78, 5) is 0. The Morgan fingerprint density at radius 2 is 2.06 bits per heavy atom. The minimum atomic E-state index is 0.387. The van der Waals surface area contributed by atoms with Crippen LogP contribution in [0.25, 0.3) is 0 Å². The van der Waals surface area contributed by atoms with Crippen LogP contribution in [0.3, 0.4) is 0 Å². The Morgan fingerprint density at radius 1 is 1.35 bits per heavy atom. The average Bonchev–Trinajstić information content (AvgIpc) is 2.75. The first-order valence-electron chi connectivity index (χ1n) is 6.55. The molecule has 2 nitrogen and oxygen atoms in total. The van der Waals surface area contributed by atoms with E-state index in [1.54, 1.807) is 0 Å². The molecule has 3 unspecified atom stereocenters. The van der Waals surface area contributed by atoms with Crippen LogP contribution in [-0.4, -0.2) is 25.8 Å². The molecule has 0 radical (unpaired) electrons. The molecular weight excluding hydrogens is 210 g/mol. The van der Waals surface area contributed by atoms with Crippen molar-refractivity contribution in [3.8, 4) is 0 Å². The summed E-state index contributed by atoms with van der Waals surface area (Å²) in [6.07, 6.45) is 2.66. The maximum atomic E-state index is 5.67. The summed E-state index contributed by atoms with van der Waals surface area (Å²) in [5, 5.41) is 3.46. The summed E-state index contributed by atoms with van der Waals surface area (Å²) in [6, 6.07) is 9.38. The molecule has 2 heteroatoms. The highest BCUT2D eigenvalue weighted by Gasteiger charge is 2.30. The first-order chi connectivity index (χ1) is 8.20. The minimum Gasteiger partial charge on any atom is -0.378 e. The van der Waals surface area contributed by atoms with Gasteiger partial charge in [0.2, 0.25) is 0 Å². The minimum absolute atomic E-state index is 0.387. The zero-order chi connectivity index (χ0) is 12.3. The number of benzene rings is 1. The smallest absolute Gasteiger partial charge is 0.0590 e. The number of nitrogens with one attached hydrogen (secondary N) is 1. The van der Waals surface area contributed by atoms with Gasteiger partial charge in [0.1, 0.15) is 0 Å². The molecule has 2 rings (SSSR count). The molecule has 1 aliphatic rings. The third-order valence-corrected chi connectivity index (χ3v) is 3.90. The molecule has 0 saturated carbocycles. The second-order valence-corrected chi connectivity index (χ2v) is 5.11. The topological polar surface area (TPSA) is 21.3 Å². The lowest BCUT2D eigenvalue weighted by atomic mass is 9.89. The van der Waals surface area contributed by atoms with Gasteiger partial charge in [-0.3, -0.25) is 0 Å². The standard InChI is InChI=1S/C15H23NO/c1-11-4-6-13(7-5-11)10-15(16-3)14-8-9-17-12(14)2/h4-7,12,14-16H,8-10H2,1-3H3. The Bertz CT molecular complexity index is 346. The van der Waals surface area contributed by atoms with Crippen molar-refractivity contribution in [2.45, 2.75) is 38.8 Å². The van der Waals surface area contributed by atoms with Crippen molar-refractivity contribution in [2.24, 2.45) is 5.92 Å². The zero-order valence-electron chi connectivity index (χ0n) is 11.1. The second kappa shape index (κ2) is 5.65. The molecule has 1 heterocycles. The van der Waals surface area contributed by atoms with Crippen LogP contribution >= 0.6 is 0 Å². The van der Waals surface area contributed by atoms with E-state index in [-0.39, 0.29) is 0 Å². The number of hydrogen-bond acceptors (Lipinski definition) is 2. The maximum absolute atomic E-state index is 5.67. The highest BCUT2D eigenvalue weighted by atomic mass is 16.5. The fourth-order valence-corrected chi connectivity index (χ4v) is 2.72. The molecule has 1 N–H and O–H groups in total. The van der Waals surface area contributed by atoms with E-state index < -0.39 is 0 Å². The van der Waals surface area contributed by atoms with Crippen molar-refractivity contribution in [1.29, 1.82) is 0 Å². The van der Waals surface area contributed by atoms with Crippen LogP contribution in [0.4, 0.5) is 0 Å². The molecule has 3 atom stereocenters. The van der Waals surface area contributed by atoms with Crippen LogP contribution < -0.4 is 5.32 Å². The van der Waals surface area contributed by atoms with E-state index >= 15 is 0 Å². The Morgan fingerprint density at radius 3 is 2.59 bits per heavy atom. The van der Waals surface area contributed by atoms with E-state index in [4.69, 9.17) is 4.74 Å². The molecule has 17 heavy (non-hydrogen) atoms. The van der Waals surface area contributed by atoms with Gasteiger partial charge in [-0.05, 0) is 39.3 Å². The van der Waals surface area contributed by atoms with Gasteiger partial charge in [-0.25, -0.2) is 0 Å². The summed E-state index contributed by atoms with van der Waals surface area (Å²) < 4.78 is 5.67. The first-order valence-corrected chi connectivity index (χ1v) is 6.55. The van der Waals surface area contributed by atoms with Crippen molar-refractivity contribution in [2.75, 3.05) is 13.7 Å². The normalized spacial score (nSPS) is 26.1. The van der Waals surface area contributed by atoms with Gasteiger partial charge in [0, 0.05) is 18.6 Å². The quantitative estimate of drug-likeness (QED) is 0.863. The molecule has 0 spiro atoms. The lowest BCUT2D eigenvalue weighted by molar-refractivity contribution is 0.0963. The molecule has 1 fully saturated rings. The molecule has 1 aliphatic heterocycles. The van der Waals surface area contributed by atoms with Crippen LogP contribution in [-0.2, 0) is 11.2 Å². The van der Waals surface area contributed by atoms with E-state index in [0.717, 1.165) is 13.0 Å². The number of ether oxygens (including phenoxy) is 1. The van der Waals surface area contributed by atoms with Gasteiger partial charge in [0.25, 0.3) is 0 Å². The van der Waals surface area contributed by atoms with E-state index in [9.17, 15) is 0 Å². The van der Waals surface area contributed by atoms with Crippen LogP contribution in [0.2, 0.25) is 0 Å². The van der Waals surface area contributed by atoms with Crippen molar-refractivity contribution in [3.05, 3.63) is 35.4 Å². The third-order valence-electron chi connectivity index (χ3n) is 3.90. The first kappa shape index (κ1) is 12.6. The van der Waals surface area contributed by atoms with Crippen molar-refractivity contribution in [1.82, 2.24) is 5.32 Å². The molecule has 1 aromatic carbocycles. The van der Waals surface area contributed by atoms with Gasteiger partial charge in [-0.2, -0.15) is 0 Å². The summed E-state index contributed by atoms with van der Waals surface area (Å²) in [5.74, 6) is 0.640. The molecule has 1 aromatic rings. The van der Waals surface area contributed by atoms with Crippen molar-refractivity contribution in [3.63, 3.8) is 0 Å². The molecule has 0 aliphatic carbocycles. The van der Waals surface area contributed by atoms with Gasteiger partial charge in [-0.15, -0.1) is 0 Å². The second-order valence-electron chi connectivity index (χ2n) is 5.11.